The second-order valence-corrected chi connectivity index (χ2v) is 2.35. The molecule has 0 aliphatic heterocycles. The first-order valence-electron chi connectivity index (χ1n) is 3.71. The van der Waals surface area contributed by atoms with Crippen LogP contribution in [0.1, 0.15) is 11.3 Å². The Kier molecular flexibility index (Phi) is 3.24. The fourth-order valence-electron chi connectivity index (χ4n) is 0.938. The smallest absolute Gasteiger partial charge is 0.101 e. The summed E-state index contributed by atoms with van der Waals surface area (Å²) >= 11 is 0. The minimum atomic E-state index is 0.603. The summed E-state index contributed by atoms with van der Waals surface area (Å²) in [5, 5.41) is 8.69. The highest BCUT2D eigenvalue weighted by atomic mass is 16.5. The summed E-state index contributed by atoms with van der Waals surface area (Å²) in [6.45, 7) is 0.603. The molecule has 0 saturated heterocycles. The quantitative estimate of drug-likeness (QED) is 0.669. The van der Waals surface area contributed by atoms with E-state index < -0.39 is 0 Å². The SMILES string of the molecule is COCCc1ncccc1C#N. The van der Waals surface area contributed by atoms with E-state index in [0.717, 1.165) is 5.69 Å². The zero-order chi connectivity index (χ0) is 8.81. The maximum atomic E-state index is 8.69. The topological polar surface area (TPSA) is 45.9 Å². The number of aromatic nitrogens is 1. The summed E-state index contributed by atoms with van der Waals surface area (Å²) in [6, 6.07) is 5.61. The monoisotopic (exact) mass is 162 g/mol. The van der Waals surface area contributed by atoms with Crippen molar-refractivity contribution in [1.29, 1.82) is 5.26 Å². The molecule has 1 heterocycles. The molecule has 0 unspecified atom stereocenters. The Labute approximate surface area is 71.6 Å². The number of ether oxygens (including phenoxy) is 1. The summed E-state index contributed by atoms with van der Waals surface area (Å²) < 4.78 is 4.90. The van der Waals surface area contributed by atoms with Gasteiger partial charge in [-0.3, -0.25) is 4.98 Å². The Bertz CT molecular complexity index is 291. The molecule has 0 spiro atoms. The highest BCUT2D eigenvalue weighted by Crippen LogP contribution is 2.03. The van der Waals surface area contributed by atoms with Crippen molar-refractivity contribution < 1.29 is 4.74 Å². The van der Waals surface area contributed by atoms with Gasteiger partial charge in [-0.25, -0.2) is 0 Å². The molecule has 0 amide bonds. The molecule has 1 aromatic heterocycles. The second kappa shape index (κ2) is 4.47. The van der Waals surface area contributed by atoms with E-state index in [2.05, 4.69) is 11.1 Å². The van der Waals surface area contributed by atoms with Gasteiger partial charge in [0.15, 0.2) is 0 Å². The lowest BCUT2D eigenvalue weighted by atomic mass is 10.2. The first kappa shape index (κ1) is 8.69. The molecule has 62 valence electrons. The zero-order valence-electron chi connectivity index (χ0n) is 6.95. The fourth-order valence-corrected chi connectivity index (χ4v) is 0.938. The van der Waals surface area contributed by atoms with E-state index in [4.69, 9.17) is 10.00 Å². The van der Waals surface area contributed by atoms with Crippen LogP contribution in [0, 0.1) is 11.3 Å². The number of pyridine rings is 1. The van der Waals surface area contributed by atoms with Gasteiger partial charge < -0.3 is 4.74 Å². The van der Waals surface area contributed by atoms with Gasteiger partial charge in [-0.1, -0.05) is 0 Å². The van der Waals surface area contributed by atoms with Crippen LogP contribution in [-0.4, -0.2) is 18.7 Å². The molecule has 3 nitrogen and oxygen atoms in total. The van der Waals surface area contributed by atoms with Crippen LogP contribution in [-0.2, 0) is 11.2 Å². The standard InChI is InChI=1S/C9H10N2O/c1-12-6-4-9-8(7-10)3-2-5-11-9/h2-3,5H,4,6H2,1H3. The molecule has 12 heavy (non-hydrogen) atoms. The molecule has 0 aliphatic rings. The highest BCUT2D eigenvalue weighted by Gasteiger charge is 2.00. The number of hydrogen-bond donors (Lipinski definition) is 0. The molecule has 1 rings (SSSR count). The molecule has 0 atom stereocenters. The van der Waals surface area contributed by atoms with Crippen LogP contribution < -0.4 is 0 Å². The second-order valence-electron chi connectivity index (χ2n) is 2.35. The Morgan fingerprint density at radius 1 is 1.67 bits per heavy atom. The Morgan fingerprint density at radius 3 is 3.17 bits per heavy atom. The molecule has 0 aromatic carbocycles. The third kappa shape index (κ3) is 2.04. The molecular weight excluding hydrogens is 152 g/mol. The third-order valence-corrected chi connectivity index (χ3v) is 1.55. The van der Waals surface area contributed by atoms with Crippen LogP contribution >= 0.6 is 0 Å². The first-order chi connectivity index (χ1) is 5.88. The van der Waals surface area contributed by atoms with Crippen LogP contribution in [0.4, 0.5) is 0 Å². The van der Waals surface area contributed by atoms with Crippen molar-refractivity contribution in [1.82, 2.24) is 4.98 Å². The third-order valence-electron chi connectivity index (χ3n) is 1.55. The van der Waals surface area contributed by atoms with Gasteiger partial charge in [-0.05, 0) is 12.1 Å². The predicted octanol–water partition coefficient (Wildman–Crippen LogP) is 1.14. The van der Waals surface area contributed by atoms with Gasteiger partial charge >= 0.3 is 0 Å². The highest BCUT2D eigenvalue weighted by molar-refractivity contribution is 5.32. The lowest BCUT2D eigenvalue weighted by Crippen LogP contribution is -1.99. The zero-order valence-corrected chi connectivity index (χ0v) is 6.95. The largest absolute Gasteiger partial charge is 0.384 e. The molecule has 0 saturated carbocycles. The number of hydrogen-bond acceptors (Lipinski definition) is 3. The van der Waals surface area contributed by atoms with Crippen molar-refractivity contribution in [2.24, 2.45) is 0 Å². The lowest BCUT2D eigenvalue weighted by molar-refractivity contribution is 0.201. The van der Waals surface area contributed by atoms with E-state index >= 15 is 0 Å². The summed E-state index contributed by atoms with van der Waals surface area (Å²) in [7, 11) is 1.63. The summed E-state index contributed by atoms with van der Waals surface area (Å²) in [6.07, 6.45) is 2.38. The van der Waals surface area contributed by atoms with E-state index in [1.54, 1.807) is 25.4 Å². The van der Waals surface area contributed by atoms with Crippen LogP contribution in [0.25, 0.3) is 0 Å². The van der Waals surface area contributed by atoms with Gasteiger partial charge in [0, 0.05) is 19.7 Å². The maximum absolute atomic E-state index is 8.69. The average Bonchev–Trinajstić information content (AvgIpc) is 2.15. The van der Waals surface area contributed by atoms with Crippen LogP contribution in [0.15, 0.2) is 18.3 Å². The van der Waals surface area contributed by atoms with Gasteiger partial charge in [-0.2, -0.15) is 5.26 Å². The van der Waals surface area contributed by atoms with Crippen molar-refractivity contribution in [2.75, 3.05) is 13.7 Å². The molecule has 0 bridgehead atoms. The number of methoxy groups -OCH3 is 1. The minimum absolute atomic E-state index is 0.603. The van der Waals surface area contributed by atoms with Crippen molar-refractivity contribution >= 4 is 0 Å². The van der Waals surface area contributed by atoms with E-state index in [9.17, 15) is 0 Å². The molecule has 0 aliphatic carbocycles. The summed E-state index contributed by atoms with van der Waals surface area (Å²) in [4.78, 5) is 4.08. The molecule has 0 N–H and O–H groups in total. The molecule has 0 fully saturated rings. The van der Waals surface area contributed by atoms with Crippen molar-refractivity contribution in [3.05, 3.63) is 29.6 Å². The van der Waals surface area contributed by atoms with E-state index in [1.807, 2.05) is 0 Å². The van der Waals surface area contributed by atoms with E-state index in [-0.39, 0.29) is 0 Å². The Morgan fingerprint density at radius 2 is 2.50 bits per heavy atom. The molecule has 0 radical (unpaired) electrons. The Hall–Kier alpha value is -1.40. The fraction of sp³-hybridized carbons (Fsp3) is 0.333. The van der Waals surface area contributed by atoms with Crippen LogP contribution in [0.3, 0.4) is 0 Å². The van der Waals surface area contributed by atoms with Gasteiger partial charge in [-0.15, -0.1) is 0 Å². The molecular formula is C9H10N2O. The maximum Gasteiger partial charge on any atom is 0.101 e. The Balaban J connectivity index is 2.77. The lowest BCUT2D eigenvalue weighted by Gasteiger charge is -2.00. The minimum Gasteiger partial charge on any atom is -0.384 e. The molecule has 3 heteroatoms. The van der Waals surface area contributed by atoms with Gasteiger partial charge in [0.25, 0.3) is 0 Å². The van der Waals surface area contributed by atoms with Gasteiger partial charge in [0.2, 0.25) is 0 Å². The predicted molar refractivity (Wildman–Crippen MR) is 44.5 cm³/mol. The van der Waals surface area contributed by atoms with E-state index in [0.29, 0.717) is 18.6 Å². The van der Waals surface area contributed by atoms with Crippen molar-refractivity contribution in [3.63, 3.8) is 0 Å². The average molecular weight is 162 g/mol. The van der Waals surface area contributed by atoms with Crippen molar-refractivity contribution in [2.45, 2.75) is 6.42 Å². The normalized spacial score (nSPS) is 9.33. The summed E-state index contributed by atoms with van der Waals surface area (Å²) in [5.74, 6) is 0. The van der Waals surface area contributed by atoms with Crippen molar-refractivity contribution in [3.8, 4) is 6.07 Å². The number of nitrogens with zero attached hydrogens (tertiary/aromatic N) is 2. The van der Waals surface area contributed by atoms with Gasteiger partial charge in [0.1, 0.15) is 6.07 Å². The molecule has 1 aromatic rings. The van der Waals surface area contributed by atoms with Gasteiger partial charge in [0.05, 0.1) is 17.9 Å². The number of rotatable bonds is 3. The summed E-state index contributed by atoms with van der Waals surface area (Å²) in [5.41, 5.74) is 1.44. The van der Waals surface area contributed by atoms with Crippen LogP contribution in [0.5, 0.6) is 0 Å². The van der Waals surface area contributed by atoms with E-state index in [1.165, 1.54) is 0 Å². The number of nitriles is 1. The first-order valence-corrected chi connectivity index (χ1v) is 3.71. The van der Waals surface area contributed by atoms with Crippen LogP contribution in [0.2, 0.25) is 0 Å².